The first-order valence-electron chi connectivity index (χ1n) is 12.0. The molecule has 36 heavy (non-hydrogen) atoms. The highest BCUT2D eigenvalue weighted by molar-refractivity contribution is 6.18. The summed E-state index contributed by atoms with van der Waals surface area (Å²) >= 11 is 0. The largest absolute Gasteiger partial charge is 0.497 e. The van der Waals surface area contributed by atoms with Crippen LogP contribution in [0.4, 0.5) is 0 Å². The maximum atomic E-state index is 12.4. The van der Waals surface area contributed by atoms with E-state index in [9.17, 15) is 4.79 Å². The third-order valence-electron chi connectivity index (χ3n) is 6.98. The van der Waals surface area contributed by atoms with Gasteiger partial charge in [0.15, 0.2) is 0 Å². The van der Waals surface area contributed by atoms with Crippen LogP contribution in [0.3, 0.4) is 0 Å². The molecule has 0 radical (unpaired) electrons. The first kappa shape index (κ1) is 21.9. The minimum atomic E-state index is -0.417. The summed E-state index contributed by atoms with van der Waals surface area (Å²) in [7, 11) is 1.67. The van der Waals surface area contributed by atoms with Gasteiger partial charge >= 0.3 is 0 Å². The summed E-state index contributed by atoms with van der Waals surface area (Å²) in [5.74, 6) is 0.409. The fraction of sp³-hybridized carbons (Fsp3) is 0.0938. The summed E-state index contributed by atoms with van der Waals surface area (Å²) in [6.07, 6.45) is 0. The van der Waals surface area contributed by atoms with Crippen molar-refractivity contribution in [2.24, 2.45) is 5.73 Å². The van der Waals surface area contributed by atoms with Gasteiger partial charge in [-0.1, -0.05) is 66.2 Å². The number of amides is 1. The van der Waals surface area contributed by atoms with Crippen LogP contribution in [0.5, 0.6) is 5.75 Å². The molecule has 0 saturated carbocycles. The molecule has 176 valence electrons. The number of carbonyl (C=O) groups is 1. The SMILES string of the molecule is COc1ccc(-c2ccc3c4c(C(N)=O)cccc4n(Cc4ccc5cc(C)ccc5c4)c3c2)cc1. The molecule has 1 amide bonds. The number of fused-ring (bicyclic) bond motifs is 4. The Kier molecular flexibility index (Phi) is 5.23. The van der Waals surface area contributed by atoms with E-state index in [2.05, 4.69) is 84.3 Å². The van der Waals surface area contributed by atoms with Crippen molar-refractivity contribution in [2.45, 2.75) is 13.5 Å². The van der Waals surface area contributed by atoms with E-state index < -0.39 is 5.91 Å². The Morgan fingerprint density at radius 1 is 0.806 bits per heavy atom. The lowest BCUT2D eigenvalue weighted by Crippen LogP contribution is -2.11. The Balaban J connectivity index is 1.56. The Morgan fingerprint density at radius 3 is 2.33 bits per heavy atom. The number of aromatic nitrogens is 1. The molecule has 0 fully saturated rings. The third kappa shape index (κ3) is 3.68. The summed E-state index contributed by atoms with van der Waals surface area (Å²) < 4.78 is 7.62. The maximum absolute atomic E-state index is 12.4. The Bertz CT molecular complexity index is 1780. The lowest BCUT2D eigenvalue weighted by atomic mass is 10.0. The Morgan fingerprint density at radius 2 is 1.56 bits per heavy atom. The minimum absolute atomic E-state index is 0.417. The van der Waals surface area contributed by atoms with Crippen molar-refractivity contribution in [3.8, 4) is 16.9 Å². The maximum Gasteiger partial charge on any atom is 0.249 e. The number of ether oxygens (including phenoxy) is 1. The van der Waals surface area contributed by atoms with E-state index in [1.165, 1.54) is 21.9 Å². The molecule has 0 atom stereocenters. The topological polar surface area (TPSA) is 57.2 Å². The van der Waals surface area contributed by atoms with Crippen molar-refractivity contribution in [2.75, 3.05) is 7.11 Å². The van der Waals surface area contributed by atoms with Gasteiger partial charge in [0.2, 0.25) is 5.91 Å². The molecule has 4 heteroatoms. The lowest BCUT2D eigenvalue weighted by molar-refractivity contribution is 0.100. The van der Waals surface area contributed by atoms with Crippen LogP contribution in [0.1, 0.15) is 21.5 Å². The quantitative estimate of drug-likeness (QED) is 0.293. The Labute approximate surface area is 209 Å². The number of hydrogen-bond acceptors (Lipinski definition) is 2. The average Bonchev–Trinajstić information content (AvgIpc) is 3.21. The first-order valence-corrected chi connectivity index (χ1v) is 12.0. The number of benzene rings is 5. The summed E-state index contributed by atoms with van der Waals surface area (Å²) in [5.41, 5.74) is 13.1. The van der Waals surface area contributed by atoms with Crippen molar-refractivity contribution in [1.29, 1.82) is 0 Å². The molecule has 5 aromatic carbocycles. The molecule has 2 N–H and O–H groups in total. The molecule has 0 saturated heterocycles. The van der Waals surface area contributed by atoms with Gasteiger partial charge in [-0.25, -0.2) is 0 Å². The van der Waals surface area contributed by atoms with Crippen LogP contribution in [0.15, 0.2) is 97.1 Å². The van der Waals surface area contributed by atoms with Gasteiger partial charge in [0, 0.05) is 22.9 Å². The Hall–Kier alpha value is -4.57. The monoisotopic (exact) mass is 470 g/mol. The van der Waals surface area contributed by atoms with Crippen LogP contribution in [-0.2, 0) is 6.54 Å². The van der Waals surface area contributed by atoms with E-state index in [-0.39, 0.29) is 0 Å². The molecule has 6 rings (SSSR count). The van der Waals surface area contributed by atoms with E-state index in [1.807, 2.05) is 24.3 Å². The molecule has 4 nitrogen and oxygen atoms in total. The first-order chi connectivity index (χ1) is 17.5. The average molecular weight is 471 g/mol. The molecular weight excluding hydrogens is 444 g/mol. The highest BCUT2D eigenvalue weighted by Gasteiger charge is 2.17. The predicted molar refractivity (Wildman–Crippen MR) is 148 cm³/mol. The number of rotatable bonds is 5. The molecule has 0 aliphatic rings. The fourth-order valence-electron chi connectivity index (χ4n) is 5.18. The summed E-state index contributed by atoms with van der Waals surface area (Å²) in [5, 5.41) is 4.38. The third-order valence-corrected chi connectivity index (χ3v) is 6.98. The molecule has 1 heterocycles. The van der Waals surface area contributed by atoms with Gasteiger partial charge in [0.25, 0.3) is 0 Å². The van der Waals surface area contributed by atoms with Gasteiger partial charge in [-0.05, 0) is 70.8 Å². The van der Waals surface area contributed by atoms with Gasteiger partial charge in [-0.15, -0.1) is 0 Å². The van der Waals surface area contributed by atoms with Crippen molar-refractivity contribution in [3.05, 3.63) is 114 Å². The van der Waals surface area contributed by atoms with Crippen LogP contribution in [0.2, 0.25) is 0 Å². The predicted octanol–water partition coefficient (Wildman–Crippen LogP) is 7.08. The van der Waals surface area contributed by atoms with E-state index in [0.717, 1.165) is 38.7 Å². The molecule has 0 aliphatic carbocycles. The molecule has 0 spiro atoms. The highest BCUT2D eigenvalue weighted by atomic mass is 16.5. The fourth-order valence-corrected chi connectivity index (χ4v) is 5.18. The number of nitrogens with two attached hydrogens (primary N) is 1. The van der Waals surface area contributed by atoms with Crippen molar-refractivity contribution >= 4 is 38.5 Å². The van der Waals surface area contributed by atoms with E-state index in [0.29, 0.717) is 12.1 Å². The zero-order valence-electron chi connectivity index (χ0n) is 20.3. The van der Waals surface area contributed by atoms with Crippen molar-refractivity contribution in [1.82, 2.24) is 4.57 Å². The highest BCUT2D eigenvalue weighted by Crippen LogP contribution is 2.35. The van der Waals surface area contributed by atoms with Crippen LogP contribution in [0.25, 0.3) is 43.7 Å². The lowest BCUT2D eigenvalue weighted by Gasteiger charge is -2.11. The zero-order chi connectivity index (χ0) is 24.8. The number of nitrogens with zero attached hydrogens (tertiary/aromatic N) is 1. The molecular formula is C32H26N2O2. The smallest absolute Gasteiger partial charge is 0.249 e. The molecule has 0 aliphatic heterocycles. The number of methoxy groups -OCH3 is 1. The number of aryl methyl sites for hydroxylation is 1. The second-order valence-electron chi connectivity index (χ2n) is 9.30. The van der Waals surface area contributed by atoms with Gasteiger partial charge in [0.05, 0.1) is 18.1 Å². The standard InChI is InChI=1S/C32H26N2O2/c1-20-6-8-24-17-21(7-9-23(24)16-20)19-34-29-5-3-4-28(32(33)35)31(29)27-15-12-25(18-30(27)34)22-10-13-26(36-2)14-11-22/h3-18H,19H2,1-2H3,(H2,33,35). The summed E-state index contributed by atoms with van der Waals surface area (Å²) in [6, 6.07) is 33.4. The van der Waals surface area contributed by atoms with Gasteiger partial charge in [-0.3, -0.25) is 4.79 Å². The van der Waals surface area contributed by atoms with Gasteiger partial charge in [0.1, 0.15) is 5.75 Å². The number of primary amides is 1. The van der Waals surface area contributed by atoms with E-state index >= 15 is 0 Å². The van der Waals surface area contributed by atoms with Crippen LogP contribution in [-0.4, -0.2) is 17.6 Å². The van der Waals surface area contributed by atoms with Crippen LogP contribution < -0.4 is 10.5 Å². The molecule has 0 unspecified atom stereocenters. The van der Waals surface area contributed by atoms with Crippen molar-refractivity contribution in [3.63, 3.8) is 0 Å². The van der Waals surface area contributed by atoms with Gasteiger partial charge < -0.3 is 15.0 Å². The van der Waals surface area contributed by atoms with Crippen LogP contribution in [0, 0.1) is 6.92 Å². The molecule has 6 aromatic rings. The molecule has 1 aromatic heterocycles. The van der Waals surface area contributed by atoms with E-state index in [1.54, 1.807) is 7.11 Å². The second kappa shape index (κ2) is 8.58. The second-order valence-corrected chi connectivity index (χ2v) is 9.30. The van der Waals surface area contributed by atoms with Crippen LogP contribution >= 0.6 is 0 Å². The normalized spacial score (nSPS) is 11.4. The van der Waals surface area contributed by atoms with Gasteiger partial charge in [-0.2, -0.15) is 0 Å². The summed E-state index contributed by atoms with van der Waals surface area (Å²) in [6.45, 7) is 2.79. The van der Waals surface area contributed by atoms with Crippen molar-refractivity contribution < 1.29 is 9.53 Å². The minimum Gasteiger partial charge on any atom is -0.497 e. The van der Waals surface area contributed by atoms with E-state index in [4.69, 9.17) is 10.5 Å². The summed E-state index contributed by atoms with van der Waals surface area (Å²) in [4.78, 5) is 12.4. The zero-order valence-corrected chi connectivity index (χ0v) is 20.3. The number of hydrogen-bond donors (Lipinski definition) is 1. The molecule has 0 bridgehead atoms. The number of carbonyl (C=O) groups excluding carboxylic acids is 1.